The highest BCUT2D eigenvalue weighted by Gasteiger charge is 2.06. The van der Waals surface area contributed by atoms with Gasteiger partial charge < -0.3 is 5.11 Å². The molecule has 0 heterocycles. The summed E-state index contributed by atoms with van der Waals surface area (Å²) in [7, 11) is 0. The molecule has 0 aromatic carbocycles. The van der Waals surface area contributed by atoms with Gasteiger partial charge in [0.2, 0.25) is 0 Å². The SMILES string of the molecule is CCCCCCCCC(C)CCCC(O)CCCCCC. The average Bonchev–Trinajstić information content (AvgIpc) is 2.47. The second-order valence-corrected chi connectivity index (χ2v) is 7.10. The van der Waals surface area contributed by atoms with E-state index in [1.807, 2.05) is 0 Å². The van der Waals surface area contributed by atoms with E-state index in [1.165, 1.54) is 83.5 Å². The molecule has 128 valence electrons. The van der Waals surface area contributed by atoms with Gasteiger partial charge in [0.1, 0.15) is 0 Å². The van der Waals surface area contributed by atoms with Crippen LogP contribution in [0, 0.1) is 5.92 Å². The monoisotopic (exact) mass is 298 g/mol. The molecule has 1 N–H and O–H groups in total. The minimum atomic E-state index is -0.0388. The Morgan fingerprint density at radius 3 is 1.67 bits per heavy atom. The standard InChI is InChI=1S/C20H42O/c1-4-6-8-10-11-12-15-19(3)16-14-18-20(21)17-13-9-7-5-2/h19-21H,4-18H2,1-3H3. The first-order valence-electron chi connectivity index (χ1n) is 9.88. The van der Waals surface area contributed by atoms with Gasteiger partial charge in [0.05, 0.1) is 6.10 Å². The van der Waals surface area contributed by atoms with Gasteiger partial charge in [-0.25, -0.2) is 0 Å². The van der Waals surface area contributed by atoms with Crippen molar-refractivity contribution in [3.63, 3.8) is 0 Å². The van der Waals surface area contributed by atoms with Crippen molar-refractivity contribution in [2.45, 2.75) is 123 Å². The van der Waals surface area contributed by atoms with Gasteiger partial charge in [-0.1, -0.05) is 104 Å². The maximum Gasteiger partial charge on any atom is 0.0540 e. The van der Waals surface area contributed by atoms with Crippen LogP contribution < -0.4 is 0 Å². The fraction of sp³-hybridized carbons (Fsp3) is 1.00. The van der Waals surface area contributed by atoms with Crippen LogP contribution in [0.5, 0.6) is 0 Å². The number of unbranched alkanes of at least 4 members (excludes halogenated alkanes) is 8. The van der Waals surface area contributed by atoms with Crippen molar-refractivity contribution in [3.05, 3.63) is 0 Å². The molecular weight excluding hydrogens is 256 g/mol. The zero-order valence-electron chi connectivity index (χ0n) is 15.2. The Kier molecular flexibility index (Phi) is 16.3. The van der Waals surface area contributed by atoms with Crippen LogP contribution in [0.25, 0.3) is 0 Å². The van der Waals surface area contributed by atoms with Crippen molar-refractivity contribution < 1.29 is 5.11 Å². The molecule has 0 aliphatic carbocycles. The second kappa shape index (κ2) is 16.3. The summed E-state index contributed by atoms with van der Waals surface area (Å²) in [6, 6.07) is 0. The Bertz CT molecular complexity index is 190. The first kappa shape index (κ1) is 21.0. The molecule has 2 unspecified atom stereocenters. The predicted octanol–water partition coefficient (Wildman–Crippen LogP) is 6.87. The molecule has 0 radical (unpaired) electrons. The van der Waals surface area contributed by atoms with Crippen LogP contribution >= 0.6 is 0 Å². The maximum absolute atomic E-state index is 9.96. The fourth-order valence-electron chi connectivity index (χ4n) is 3.07. The summed E-state index contributed by atoms with van der Waals surface area (Å²) in [5.74, 6) is 0.850. The van der Waals surface area contributed by atoms with Crippen LogP contribution in [0.15, 0.2) is 0 Å². The van der Waals surface area contributed by atoms with Crippen molar-refractivity contribution in [2.24, 2.45) is 5.92 Å². The Hall–Kier alpha value is -0.0400. The Balaban J connectivity index is 3.29. The number of hydrogen-bond acceptors (Lipinski definition) is 1. The summed E-state index contributed by atoms with van der Waals surface area (Å²) in [6.45, 7) is 6.90. The van der Waals surface area contributed by atoms with Crippen LogP contribution in [-0.2, 0) is 0 Å². The Morgan fingerprint density at radius 2 is 1.00 bits per heavy atom. The second-order valence-electron chi connectivity index (χ2n) is 7.10. The molecule has 0 bridgehead atoms. The van der Waals surface area contributed by atoms with Crippen molar-refractivity contribution in [3.8, 4) is 0 Å². The largest absolute Gasteiger partial charge is 0.393 e. The zero-order chi connectivity index (χ0) is 15.8. The zero-order valence-corrected chi connectivity index (χ0v) is 15.2. The molecule has 0 saturated heterocycles. The minimum Gasteiger partial charge on any atom is -0.393 e. The fourth-order valence-corrected chi connectivity index (χ4v) is 3.07. The number of aliphatic hydroxyl groups excluding tert-OH is 1. The Morgan fingerprint density at radius 1 is 0.571 bits per heavy atom. The lowest BCUT2D eigenvalue weighted by Crippen LogP contribution is -2.07. The first-order chi connectivity index (χ1) is 10.2. The molecule has 21 heavy (non-hydrogen) atoms. The summed E-state index contributed by atoms with van der Waals surface area (Å²) in [5, 5.41) is 9.96. The van der Waals surface area contributed by atoms with Gasteiger partial charge in [0, 0.05) is 0 Å². The van der Waals surface area contributed by atoms with Gasteiger partial charge in [0.25, 0.3) is 0 Å². The average molecular weight is 299 g/mol. The van der Waals surface area contributed by atoms with Crippen LogP contribution in [0.3, 0.4) is 0 Å². The molecule has 0 amide bonds. The molecule has 0 rings (SSSR count). The number of rotatable bonds is 16. The van der Waals surface area contributed by atoms with E-state index in [4.69, 9.17) is 0 Å². The van der Waals surface area contributed by atoms with Crippen molar-refractivity contribution in [1.29, 1.82) is 0 Å². The van der Waals surface area contributed by atoms with Gasteiger partial charge >= 0.3 is 0 Å². The summed E-state index contributed by atoms with van der Waals surface area (Å²) < 4.78 is 0. The van der Waals surface area contributed by atoms with E-state index in [0.29, 0.717) is 0 Å². The van der Waals surface area contributed by atoms with E-state index in [1.54, 1.807) is 0 Å². The van der Waals surface area contributed by atoms with Crippen LogP contribution in [0.1, 0.15) is 117 Å². The molecule has 1 heteroatoms. The third kappa shape index (κ3) is 16.2. The van der Waals surface area contributed by atoms with Crippen LogP contribution in [-0.4, -0.2) is 11.2 Å². The van der Waals surface area contributed by atoms with Gasteiger partial charge in [-0.2, -0.15) is 0 Å². The van der Waals surface area contributed by atoms with Gasteiger partial charge in [0.15, 0.2) is 0 Å². The van der Waals surface area contributed by atoms with Crippen LogP contribution in [0.4, 0.5) is 0 Å². The molecule has 0 aromatic rings. The topological polar surface area (TPSA) is 20.2 Å². The van der Waals surface area contributed by atoms with E-state index >= 15 is 0 Å². The normalized spacial score (nSPS) is 14.3. The molecule has 0 aromatic heterocycles. The predicted molar refractivity (Wildman–Crippen MR) is 95.8 cm³/mol. The Labute approximate surface area is 134 Å². The third-order valence-corrected chi connectivity index (χ3v) is 4.68. The minimum absolute atomic E-state index is 0.0388. The molecule has 0 aliphatic heterocycles. The van der Waals surface area contributed by atoms with Gasteiger partial charge in [-0.15, -0.1) is 0 Å². The lowest BCUT2D eigenvalue weighted by atomic mass is 9.95. The molecule has 1 nitrogen and oxygen atoms in total. The molecule has 0 saturated carbocycles. The first-order valence-corrected chi connectivity index (χ1v) is 9.88. The van der Waals surface area contributed by atoms with E-state index in [-0.39, 0.29) is 6.10 Å². The van der Waals surface area contributed by atoms with Gasteiger partial charge in [-0.05, 0) is 18.8 Å². The highest BCUT2D eigenvalue weighted by atomic mass is 16.3. The molecule has 0 spiro atoms. The number of aliphatic hydroxyl groups is 1. The molecule has 0 fully saturated rings. The lowest BCUT2D eigenvalue weighted by molar-refractivity contribution is 0.145. The maximum atomic E-state index is 9.96. The smallest absolute Gasteiger partial charge is 0.0540 e. The molecule has 0 aliphatic rings. The van der Waals surface area contributed by atoms with E-state index in [2.05, 4.69) is 20.8 Å². The summed E-state index contributed by atoms with van der Waals surface area (Å²) in [5.41, 5.74) is 0. The van der Waals surface area contributed by atoms with Crippen LogP contribution in [0.2, 0.25) is 0 Å². The third-order valence-electron chi connectivity index (χ3n) is 4.68. The quantitative estimate of drug-likeness (QED) is 0.308. The van der Waals surface area contributed by atoms with E-state index < -0.39 is 0 Å². The van der Waals surface area contributed by atoms with E-state index in [9.17, 15) is 5.11 Å². The summed E-state index contributed by atoms with van der Waals surface area (Å²) in [4.78, 5) is 0. The number of hydrogen-bond donors (Lipinski definition) is 1. The summed E-state index contributed by atoms with van der Waals surface area (Å²) >= 11 is 0. The molecule has 2 atom stereocenters. The van der Waals surface area contributed by atoms with Crippen molar-refractivity contribution >= 4 is 0 Å². The van der Waals surface area contributed by atoms with Crippen molar-refractivity contribution in [2.75, 3.05) is 0 Å². The highest BCUT2D eigenvalue weighted by Crippen LogP contribution is 2.18. The molecular formula is C20H42O. The van der Waals surface area contributed by atoms with E-state index in [0.717, 1.165) is 18.8 Å². The van der Waals surface area contributed by atoms with Crippen molar-refractivity contribution in [1.82, 2.24) is 0 Å². The lowest BCUT2D eigenvalue weighted by Gasteiger charge is -2.14. The van der Waals surface area contributed by atoms with Gasteiger partial charge in [-0.3, -0.25) is 0 Å². The highest BCUT2D eigenvalue weighted by molar-refractivity contribution is 4.60. The summed E-state index contributed by atoms with van der Waals surface area (Å²) in [6.07, 6.45) is 19.5.